The lowest BCUT2D eigenvalue weighted by Gasteiger charge is -2.33. The predicted molar refractivity (Wildman–Crippen MR) is 85.7 cm³/mol. The van der Waals surface area contributed by atoms with E-state index >= 15 is 0 Å². The number of likely N-dealkylation sites (tertiary alicyclic amines) is 1. The number of amides is 1. The van der Waals surface area contributed by atoms with E-state index in [0.717, 1.165) is 37.2 Å². The van der Waals surface area contributed by atoms with Crippen molar-refractivity contribution in [3.8, 4) is 0 Å². The predicted octanol–water partition coefficient (Wildman–Crippen LogP) is 1.54. The summed E-state index contributed by atoms with van der Waals surface area (Å²) in [6.07, 6.45) is 3.21. The number of hydrogen-bond donors (Lipinski definition) is 2. The van der Waals surface area contributed by atoms with E-state index in [1.165, 1.54) is 0 Å². The molecule has 2 N–H and O–H groups in total. The minimum absolute atomic E-state index is 0.0204. The molecule has 1 aliphatic heterocycles. The lowest BCUT2D eigenvalue weighted by Crippen LogP contribution is -2.45. The number of piperidine rings is 1. The first-order valence-electron chi connectivity index (χ1n) is 7.52. The van der Waals surface area contributed by atoms with Gasteiger partial charge in [-0.1, -0.05) is 6.42 Å². The molecule has 1 saturated heterocycles. The molecule has 1 heterocycles. The first kappa shape index (κ1) is 15.8. The number of anilines is 2. The van der Waals surface area contributed by atoms with Gasteiger partial charge < -0.3 is 15.3 Å². The van der Waals surface area contributed by atoms with E-state index in [-0.39, 0.29) is 18.6 Å². The van der Waals surface area contributed by atoms with Gasteiger partial charge in [0.15, 0.2) is 0 Å². The number of hydrogen-bond acceptors (Lipinski definition) is 4. The molecule has 0 aromatic heterocycles. The molecule has 116 valence electrons. The van der Waals surface area contributed by atoms with Gasteiger partial charge in [-0.25, -0.2) is 0 Å². The molecule has 2 rings (SSSR count). The van der Waals surface area contributed by atoms with Gasteiger partial charge in [0.1, 0.15) is 0 Å². The standard InChI is InChI=1S/C16H25N3O2/c1-18(2)14-8-6-13(7-9-14)17-16(21)11-19-10-4-3-5-15(19)12-20/h6-9,15,20H,3-5,10-12H2,1-2H3,(H,17,21)/t15-/m1/s1. The van der Waals surface area contributed by atoms with Crippen molar-refractivity contribution in [3.63, 3.8) is 0 Å². The van der Waals surface area contributed by atoms with Crippen LogP contribution in [0.1, 0.15) is 19.3 Å². The average molecular weight is 291 g/mol. The van der Waals surface area contributed by atoms with Crippen LogP contribution in [0, 0.1) is 0 Å². The molecule has 1 aliphatic rings. The van der Waals surface area contributed by atoms with E-state index in [1.807, 2.05) is 43.3 Å². The summed E-state index contributed by atoms with van der Waals surface area (Å²) in [5.74, 6) is -0.0204. The van der Waals surface area contributed by atoms with E-state index in [4.69, 9.17) is 0 Å². The second kappa shape index (κ2) is 7.43. The van der Waals surface area contributed by atoms with Crippen molar-refractivity contribution >= 4 is 17.3 Å². The van der Waals surface area contributed by atoms with Gasteiger partial charge >= 0.3 is 0 Å². The van der Waals surface area contributed by atoms with Crippen LogP contribution in [0.15, 0.2) is 24.3 Å². The highest BCUT2D eigenvalue weighted by molar-refractivity contribution is 5.92. The minimum Gasteiger partial charge on any atom is -0.395 e. The zero-order valence-electron chi connectivity index (χ0n) is 12.9. The van der Waals surface area contributed by atoms with Crippen LogP contribution in [-0.4, -0.2) is 55.7 Å². The van der Waals surface area contributed by atoms with Crippen LogP contribution in [0.4, 0.5) is 11.4 Å². The van der Waals surface area contributed by atoms with Crippen LogP contribution in [0.3, 0.4) is 0 Å². The molecular weight excluding hydrogens is 266 g/mol. The Balaban J connectivity index is 1.88. The van der Waals surface area contributed by atoms with E-state index in [9.17, 15) is 9.90 Å². The van der Waals surface area contributed by atoms with Crippen LogP contribution < -0.4 is 10.2 Å². The summed E-state index contributed by atoms with van der Waals surface area (Å²) in [4.78, 5) is 16.2. The Morgan fingerprint density at radius 2 is 2.05 bits per heavy atom. The molecule has 0 aliphatic carbocycles. The third-order valence-electron chi connectivity index (χ3n) is 3.97. The highest BCUT2D eigenvalue weighted by Gasteiger charge is 2.23. The Labute approximate surface area is 126 Å². The molecule has 1 amide bonds. The third kappa shape index (κ3) is 4.44. The summed E-state index contributed by atoms with van der Waals surface area (Å²) in [5, 5.41) is 12.3. The van der Waals surface area contributed by atoms with Crippen LogP contribution in [-0.2, 0) is 4.79 Å². The highest BCUT2D eigenvalue weighted by Crippen LogP contribution is 2.18. The number of carbonyl (C=O) groups excluding carboxylic acids is 1. The maximum atomic E-state index is 12.1. The van der Waals surface area contributed by atoms with Gasteiger partial charge in [0.25, 0.3) is 0 Å². The van der Waals surface area contributed by atoms with E-state index < -0.39 is 0 Å². The molecule has 5 heteroatoms. The van der Waals surface area contributed by atoms with Crippen molar-refractivity contribution in [2.75, 3.05) is 44.0 Å². The quantitative estimate of drug-likeness (QED) is 0.864. The van der Waals surface area contributed by atoms with Gasteiger partial charge in [-0.15, -0.1) is 0 Å². The summed E-state index contributed by atoms with van der Waals surface area (Å²) >= 11 is 0. The molecule has 0 radical (unpaired) electrons. The van der Waals surface area contributed by atoms with Crippen LogP contribution in [0.2, 0.25) is 0 Å². The zero-order chi connectivity index (χ0) is 15.2. The molecule has 0 unspecified atom stereocenters. The monoisotopic (exact) mass is 291 g/mol. The first-order chi connectivity index (χ1) is 10.1. The Morgan fingerprint density at radius 1 is 1.33 bits per heavy atom. The topological polar surface area (TPSA) is 55.8 Å². The molecule has 0 bridgehead atoms. The van der Waals surface area contributed by atoms with E-state index in [1.54, 1.807) is 0 Å². The average Bonchev–Trinajstić information content (AvgIpc) is 2.48. The largest absolute Gasteiger partial charge is 0.395 e. The maximum absolute atomic E-state index is 12.1. The maximum Gasteiger partial charge on any atom is 0.238 e. The fourth-order valence-electron chi connectivity index (χ4n) is 2.70. The number of nitrogens with one attached hydrogen (secondary N) is 1. The van der Waals surface area contributed by atoms with Crippen LogP contribution in [0.5, 0.6) is 0 Å². The molecule has 1 fully saturated rings. The molecule has 1 aromatic carbocycles. The number of nitrogens with zero attached hydrogens (tertiary/aromatic N) is 2. The second-order valence-electron chi connectivity index (χ2n) is 5.79. The molecule has 1 aromatic rings. The SMILES string of the molecule is CN(C)c1ccc(NC(=O)CN2CCCC[C@@H]2CO)cc1. The van der Waals surface area contributed by atoms with Gasteiger partial charge in [0, 0.05) is 31.5 Å². The third-order valence-corrected chi connectivity index (χ3v) is 3.97. The highest BCUT2D eigenvalue weighted by atomic mass is 16.3. The van der Waals surface area contributed by atoms with Crippen LogP contribution >= 0.6 is 0 Å². The summed E-state index contributed by atoms with van der Waals surface area (Å²) in [5.41, 5.74) is 1.91. The number of carbonyl (C=O) groups is 1. The summed E-state index contributed by atoms with van der Waals surface area (Å²) < 4.78 is 0. The van der Waals surface area contributed by atoms with Crippen LogP contribution in [0.25, 0.3) is 0 Å². The minimum atomic E-state index is -0.0204. The molecule has 0 spiro atoms. The van der Waals surface area contributed by atoms with Gasteiger partial charge in [0.05, 0.1) is 13.2 Å². The van der Waals surface area contributed by atoms with Gasteiger partial charge in [0.2, 0.25) is 5.91 Å². The van der Waals surface area contributed by atoms with E-state index in [0.29, 0.717) is 6.54 Å². The molecule has 21 heavy (non-hydrogen) atoms. The first-order valence-corrected chi connectivity index (χ1v) is 7.52. The van der Waals surface area contributed by atoms with Crippen molar-refractivity contribution < 1.29 is 9.90 Å². The number of rotatable bonds is 5. The number of benzene rings is 1. The Morgan fingerprint density at radius 3 is 2.67 bits per heavy atom. The lowest BCUT2D eigenvalue weighted by molar-refractivity contribution is -0.118. The normalized spacial score (nSPS) is 19.3. The van der Waals surface area contributed by atoms with Crippen molar-refractivity contribution in [3.05, 3.63) is 24.3 Å². The van der Waals surface area contributed by atoms with Gasteiger partial charge in [-0.05, 0) is 43.7 Å². The molecule has 0 saturated carbocycles. The fraction of sp³-hybridized carbons (Fsp3) is 0.562. The lowest BCUT2D eigenvalue weighted by atomic mass is 10.0. The number of aliphatic hydroxyl groups excluding tert-OH is 1. The van der Waals surface area contributed by atoms with Crippen molar-refractivity contribution in [1.82, 2.24) is 4.90 Å². The zero-order valence-corrected chi connectivity index (χ0v) is 12.9. The van der Waals surface area contributed by atoms with Gasteiger partial charge in [-0.3, -0.25) is 9.69 Å². The van der Waals surface area contributed by atoms with Gasteiger partial charge in [-0.2, -0.15) is 0 Å². The Hall–Kier alpha value is -1.59. The van der Waals surface area contributed by atoms with Crippen molar-refractivity contribution in [2.24, 2.45) is 0 Å². The summed E-state index contributed by atoms with van der Waals surface area (Å²) in [7, 11) is 3.97. The Bertz CT molecular complexity index is 459. The Kier molecular flexibility index (Phi) is 5.59. The van der Waals surface area contributed by atoms with Crippen molar-refractivity contribution in [2.45, 2.75) is 25.3 Å². The smallest absolute Gasteiger partial charge is 0.238 e. The van der Waals surface area contributed by atoms with Crippen molar-refractivity contribution in [1.29, 1.82) is 0 Å². The molecule has 5 nitrogen and oxygen atoms in total. The second-order valence-corrected chi connectivity index (χ2v) is 5.79. The molecular formula is C16H25N3O2. The molecule has 1 atom stereocenters. The summed E-state index contributed by atoms with van der Waals surface area (Å²) in [6.45, 7) is 1.36. The van der Waals surface area contributed by atoms with E-state index in [2.05, 4.69) is 10.2 Å². The summed E-state index contributed by atoms with van der Waals surface area (Å²) in [6, 6.07) is 7.90. The number of aliphatic hydroxyl groups is 1. The fourth-order valence-corrected chi connectivity index (χ4v) is 2.70.